The maximum Gasteiger partial charge on any atom is 0.255 e. The Morgan fingerprint density at radius 3 is 2.67 bits per heavy atom. The van der Waals surface area contributed by atoms with Gasteiger partial charge in [-0.15, -0.1) is 0 Å². The molecule has 1 atom stereocenters. The molecule has 1 aliphatic heterocycles. The van der Waals surface area contributed by atoms with Crippen molar-refractivity contribution in [3.05, 3.63) is 41.7 Å². The van der Waals surface area contributed by atoms with Crippen molar-refractivity contribution in [1.29, 1.82) is 5.26 Å². The average molecular weight is 523 g/mol. The van der Waals surface area contributed by atoms with Crippen LogP contribution in [0.5, 0.6) is 0 Å². The number of aromatic nitrogens is 5. The van der Waals surface area contributed by atoms with Gasteiger partial charge in [0.15, 0.2) is 5.65 Å². The van der Waals surface area contributed by atoms with E-state index in [0.29, 0.717) is 54.3 Å². The summed E-state index contributed by atoms with van der Waals surface area (Å²) in [6.07, 6.45) is 8.95. The van der Waals surface area contributed by atoms with Crippen LogP contribution in [0.1, 0.15) is 60.4 Å². The van der Waals surface area contributed by atoms with Gasteiger partial charge in [0.05, 0.1) is 23.3 Å². The normalized spacial score (nSPS) is 18.8. The Labute approximate surface area is 225 Å². The van der Waals surface area contributed by atoms with Gasteiger partial charge < -0.3 is 15.2 Å². The smallest absolute Gasteiger partial charge is 0.255 e. The van der Waals surface area contributed by atoms with Crippen molar-refractivity contribution in [2.75, 3.05) is 13.1 Å². The summed E-state index contributed by atoms with van der Waals surface area (Å²) in [4.78, 5) is 41.1. The molecule has 0 radical (unpaired) electrons. The molecule has 3 aromatic heterocycles. The number of nitrogens with zero attached hydrogens (tertiary/aromatic N) is 6. The molecular weight excluding hydrogens is 492 g/mol. The predicted molar refractivity (Wildman–Crippen MR) is 144 cm³/mol. The largest absolute Gasteiger partial charge is 0.344 e. The monoisotopic (exact) mass is 522 g/mol. The van der Waals surface area contributed by atoms with Gasteiger partial charge in [-0.25, -0.2) is 9.97 Å². The van der Waals surface area contributed by atoms with E-state index in [1.807, 2.05) is 11.7 Å². The SMILES string of the molecule is Cn1nc(-c2cnc3[nH]cc(C(=O)N[C@@H](C(=O)N4CCC(C#N)CC4)C4CC4)c3n2)c2ccc(C3CC3)cc21. The third-order valence-corrected chi connectivity index (χ3v) is 8.43. The first-order valence-electron chi connectivity index (χ1n) is 13.8. The minimum absolute atomic E-state index is 0.00141. The summed E-state index contributed by atoms with van der Waals surface area (Å²) in [5, 5.41) is 17.9. The van der Waals surface area contributed by atoms with Gasteiger partial charge in [-0.1, -0.05) is 12.1 Å². The molecule has 10 nitrogen and oxygen atoms in total. The van der Waals surface area contributed by atoms with Gasteiger partial charge in [0, 0.05) is 37.6 Å². The van der Waals surface area contributed by atoms with Crippen LogP contribution in [0.4, 0.5) is 0 Å². The summed E-state index contributed by atoms with van der Waals surface area (Å²) in [7, 11) is 1.93. The van der Waals surface area contributed by atoms with E-state index >= 15 is 0 Å². The summed E-state index contributed by atoms with van der Waals surface area (Å²) in [6.45, 7) is 1.11. The van der Waals surface area contributed by atoms with Crippen molar-refractivity contribution in [3.63, 3.8) is 0 Å². The summed E-state index contributed by atoms with van der Waals surface area (Å²) in [5.41, 5.74) is 5.03. The van der Waals surface area contributed by atoms with E-state index in [2.05, 4.69) is 39.6 Å². The molecule has 39 heavy (non-hydrogen) atoms. The first-order valence-corrected chi connectivity index (χ1v) is 13.8. The van der Waals surface area contributed by atoms with Crippen molar-refractivity contribution in [2.45, 2.75) is 50.5 Å². The van der Waals surface area contributed by atoms with Gasteiger partial charge in [-0.3, -0.25) is 14.3 Å². The Balaban J connectivity index is 1.16. The molecule has 0 bridgehead atoms. The number of aromatic amines is 1. The standard InChI is InChI=1S/C29H30N8O2/c1-36-23-12-19(17-2-3-17)6-7-20(23)25(35-36)22-15-32-27-26(33-22)21(14-31-27)28(38)34-24(18-4-5-18)29(39)37-10-8-16(13-30)9-11-37/h6-7,12,14-18,24H,2-5,8-11H2,1H3,(H,31,32)(H,34,38)/t24-/m1/s1. The lowest BCUT2D eigenvalue weighted by molar-refractivity contribution is -0.135. The van der Waals surface area contributed by atoms with Crippen LogP contribution in [-0.2, 0) is 11.8 Å². The molecule has 4 heterocycles. The number of nitriles is 1. The molecule has 1 saturated heterocycles. The molecule has 2 aliphatic carbocycles. The maximum atomic E-state index is 13.5. The van der Waals surface area contributed by atoms with E-state index in [1.165, 1.54) is 18.4 Å². The molecule has 198 valence electrons. The highest BCUT2D eigenvalue weighted by Gasteiger charge is 2.40. The lowest BCUT2D eigenvalue weighted by Gasteiger charge is -2.32. The number of benzene rings is 1. The maximum absolute atomic E-state index is 13.5. The molecule has 0 spiro atoms. The summed E-state index contributed by atoms with van der Waals surface area (Å²) in [5.74, 6) is 0.394. The minimum atomic E-state index is -0.572. The highest BCUT2D eigenvalue weighted by molar-refractivity contribution is 6.06. The zero-order valence-electron chi connectivity index (χ0n) is 21.9. The number of likely N-dealkylation sites (tertiary alicyclic amines) is 1. The molecule has 1 aromatic carbocycles. The van der Waals surface area contributed by atoms with Crippen LogP contribution >= 0.6 is 0 Å². The van der Waals surface area contributed by atoms with Gasteiger partial charge in [0.2, 0.25) is 5.91 Å². The third-order valence-electron chi connectivity index (χ3n) is 8.43. The molecule has 3 fully saturated rings. The van der Waals surface area contributed by atoms with Crippen molar-refractivity contribution < 1.29 is 9.59 Å². The van der Waals surface area contributed by atoms with Gasteiger partial charge in [0.1, 0.15) is 22.9 Å². The number of amides is 2. The van der Waals surface area contributed by atoms with Crippen LogP contribution in [0.25, 0.3) is 33.5 Å². The number of hydrogen-bond donors (Lipinski definition) is 2. The van der Waals surface area contributed by atoms with Crippen molar-refractivity contribution >= 4 is 33.9 Å². The van der Waals surface area contributed by atoms with Gasteiger partial charge in [-0.05, 0) is 62.0 Å². The number of fused-ring (bicyclic) bond motifs is 2. The number of aryl methyl sites for hydroxylation is 1. The predicted octanol–water partition coefficient (Wildman–Crippen LogP) is 3.66. The Kier molecular flexibility index (Phi) is 5.61. The van der Waals surface area contributed by atoms with Gasteiger partial charge in [-0.2, -0.15) is 10.4 Å². The molecule has 2 saturated carbocycles. The van der Waals surface area contributed by atoms with E-state index in [0.717, 1.165) is 29.4 Å². The van der Waals surface area contributed by atoms with Crippen LogP contribution in [0.15, 0.2) is 30.6 Å². The molecule has 0 unspecified atom stereocenters. The fourth-order valence-corrected chi connectivity index (χ4v) is 5.77. The molecule has 7 rings (SSSR count). The van der Waals surface area contributed by atoms with Crippen LogP contribution in [0.3, 0.4) is 0 Å². The first kappa shape index (κ1) is 23.8. The Morgan fingerprint density at radius 2 is 1.95 bits per heavy atom. The second-order valence-corrected chi connectivity index (χ2v) is 11.2. The van der Waals surface area contributed by atoms with E-state index in [4.69, 9.17) is 10.1 Å². The molecular formula is C29H30N8O2. The Morgan fingerprint density at radius 1 is 1.15 bits per heavy atom. The number of rotatable bonds is 6. The lowest BCUT2D eigenvalue weighted by Crippen LogP contribution is -2.51. The highest BCUT2D eigenvalue weighted by Crippen LogP contribution is 2.41. The molecule has 4 aromatic rings. The van der Waals surface area contributed by atoms with Gasteiger partial charge >= 0.3 is 0 Å². The number of nitrogens with one attached hydrogen (secondary N) is 2. The minimum Gasteiger partial charge on any atom is -0.344 e. The number of carbonyl (C=O) groups excluding carboxylic acids is 2. The average Bonchev–Trinajstić information content (AvgIpc) is 3.90. The fraction of sp³-hybridized carbons (Fsp3) is 0.448. The first-order chi connectivity index (χ1) is 19.0. The number of piperidine rings is 1. The lowest BCUT2D eigenvalue weighted by atomic mass is 9.97. The van der Waals surface area contributed by atoms with Crippen LogP contribution < -0.4 is 5.32 Å². The zero-order valence-corrected chi connectivity index (χ0v) is 21.9. The van der Waals surface area contributed by atoms with Gasteiger partial charge in [0.25, 0.3) is 5.91 Å². The Bertz CT molecular complexity index is 1650. The van der Waals surface area contributed by atoms with Crippen molar-refractivity contribution in [3.8, 4) is 17.5 Å². The number of carbonyl (C=O) groups is 2. The molecule has 10 heteroatoms. The van der Waals surface area contributed by atoms with E-state index in [1.54, 1.807) is 17.3 Å². The van der Waals surface area contributed by atoms with Crippen LogP contribution in [0, 0.1) is 23.2 Å². The van der Waals surface area contributed by atoms with Crippen molar-refractivity contribution in [1.82, 2.24) is 34.9 Å². The number of H-pyrrole nitrogens is 1. The number of hydrogen-bond acceptors (Lipinski definition) is 6. The molecule has 2 N–H and O–H groups in total. The van der Waals surface area contributed by atoms with E-state index < -0.39 is 6.04 Å². The third kappa shape index (κ3) is 4.32. The van der Waals surface area contributed by atoms with Crippen molar-refractivity contribution in [2.24, 2.45) is 18.9 Å². The zero-order chi connectivity index (χ0) is 26.7. The van der Waals surface area contributed by atoms with E-state index in [-0.39, 0.29) is 23.7 Å². The van der Waals surface area contributed by atoms with Crippen LogP contribution in [-0.4, -0.2) is 60.6 Å². The van der Waals surface area contributed by atoms with Crippen LogP contribution in [0.2, 0.25) is 0 Å². The fourth-order valence-electron chi connectivity index (χ4n) is 5.77. The second-order valence-electron chi connectivity index (χ2n) is 11.2. The second kappa shape index (κ2) is 9.19. The molecule has 3 aliphatic rings. The summed E-state index contributed by atoms with van der Waals surface area (Å²) in [6, 6.07) is 8.22. The Hall–Kier alpha value is -4.26. The highest BCUT2D eigenvalue weighted by atomic mass is 16.2. The quantitative estimate of drug-likeness (QED) is 0.397. The topological polar surface area (TPSA) is 133 Å². The summed E-state index contributed by atoms with van der Waals surface area (Å²) >= 11 is 0. The van der Waals surface area contributed by atoms with E-state index in [9.17, 15) is 14.9 Å². The molecule has 2 amide bonds. The summed E-state index contributed by atoms with van der Waals surface area (Å²) < 4.78 is 1.87.